The SMILES string of the molecule is c1ncc(NC2CCC(Oc3cc(N4CCOCC4)cc4nccnc34)CC2)cn1. The van der Waals surface area contributed by atoms with E-state index in [1.54, 1.807) is 18.7 Å². The molecule has 1 aliphatic carbocycles. The summed E-state index contributed by atoms with van der Waals surface area (Å²) in [6.45, 7) is 3.26. The van der Waals surface area contributed by atoms with Crippen LogP contribution in [-0.2, 0) is 4.74 Å². The van der Waals surface area contributed by atoms with E-state index in [2.05, 4.69) is 42.3 Å². The second-order valence-corrected chi connectivity index (χ2v) is 7.83. The monoisotopic (exact) mass is 406 g/mol. The fourth-order valence-corrected chi connectivity index (χ4v) is 4.24. The van der Waals surface area contributed by atoms with Gasteiger partial charge in [0.15, 0.2) is 0 Å². The summed E-state index contributed by atoms with van der Waals surface area (Å²) in [5.74, 6) is 0.829. The van der Waals surface area contributed by atoms with E-state index in [1.807, 2.05) is 12.4 Å². The number of aromatic nitrogens is 4. The number of rotatable bonds is 5. The van der Waals surface area contributed by atoms with E-state index in [9.17, 15) is 0 Å². The molecule has 1 N–H and O–H groups in total. The third kappa shape index (κ3) is 4.28. The van der Waals surface area contributed by atoms with E-state index in [-0.39, 0.29) is 6.10 Å². The molecule has 8 heteroatoms. The Morgan fingerprint density at radius 1 is 0.967 bits per heavy atom. The molecule has 5 rings (SSSR count). The second kappa shape index (κ2) is 8.79. The summed E-state index contributed by atoms with van der Waals surface area (Å²) >= 11 is 0. The lowest BCUT2D eigenvalue weighted by Gasteiger charge is -2.31. The molecule has 0 amide bonds. The van der Waals surface area contributed by atoms with Crippen molar-refractivity contribution in [3.63, 3.8) is 0 Å². The molecular formula is C22H26N6O2. The highest BCUT2D eigenvalue weighted by molar-refractivity contribution is 5.85. The maximum absolute atomic E-state index is 6.49. The minimum absolute atomic E-state index is 0.181. The molecular weight excluding hydrogens is 380 g/mol. The zero-order chi connectivity index (χ0) is 20.2. The van der Waals surface area contributed by atoms with Crippen LogP contribution in [0.1, 0.15) is 25.7 Å². The minimum Gasteiger partial charge on any atom is -0.488 e. The molecule has 1 aromatic carbocycles. The predicted octanol–water partition coefficient (Wildman–Crippen LogP) is 3.06. The maximum atomic E-state index is 6.49. The third-order valence-electron chi connectivity index (χ3n) is 5.80. The van der Waals surface area contributed by atoms with E-state index in [1.165, 1.54) is 0 Å². The lowest BCUT2D eigenvalue weighted by atomic mass is 9.93. The largest absolute Gasteiger partial charge is 0.488 e. The summed E-state index contributed by atoms with van der Waals surface area (Å²) in [7, 11) is 0. The van der Waals surface area contributed by atoms with Crippen molar-refractivity contribution in [1.29, 1.82) is 0 Å². The maximum Gasteiger partial charge on any atom is 0.149 e. The van der Waals surface area contributed by atoms with Crippen molar-refractivity contribution >= 4 is 22.4 Å². The normalized spacial score (nSPS) is 22.1. The molecule has 0 atom stereocenters. The van der Waals surface area contributed by atoms with Crippen molar-refractivity contribution in [2.24, 2.45) is 0 Å². The predicted molar refractivity (Wildman–Crippen MR) is 115 cm³/mol. The van der Waals surface area contributed by atoms with Gasteiger partial charge in [-0.2, -0.15) is 0 Å². The van der Waals surface area contributed by atoms with Crippen LogP contribution in [0.15, 0.2) is 43.2 Å². The van der Waals surface area contributed by atoms with Gasteiger partial charge in [-0.15, -0.1) is 0 Å². The molecule has 8 nitrogen and oxygen atoms in total. The van der Waals surface area contributed by atoms with E-state index in [4.69, 9.17) is 9.47 Å². The van der Waals surface area contributed by atoms with Crippen LogP contribution >= 0.6 is 0 Å². The van der Waals surface area contributed by atoms with Crippen LogP contribution in [0.3, 0.4) is 0 Å². The lowest BCUT2D eigenvalue weighted by molar-refractivity contribution is 0.122. The van der Waals surface area contributed by atoms with Crippen LogP contribution in [0.25, 0.3) is 11.0 Å². The summed E-state index contributed by atoms with van der Waals surface area (Å²) in [5, 5.41) is 3.53. The molecule has 30 heavy (non-hydrogen) atoms. The van der Waals surface area contributed by atoms with Gasteiger partial charge in [-0.05, 0) is 31.7 Å². The van der Waals surface area contributed by atoms with Gasteiger partial charge in [0.05, 0.1) is 42.9 Å². The number of ether oxygens (including phenoxy) is 2. The fourth-order valence-electron chi connectivity index (χ4n) is 4.24. The van der Waals surface area contributed by atoms with Gasteiger partial charge in [-0.25, -0.2) is 15.0 Å². The lowest BCUT2D eigenvalue weighted by Crippen LogP contribution is -2.36. The Morgan fingerprint density at radius 3 is 2.53 bits per heavy atom. The molecule has 1 aliphatic heterocycles. The highest BCUT2D eigenvalue weighted by atomic mass is 16.5. The topological polar surface area (TPSA) is 85.3 Å². The number of hydrogen-bond donors (Lipinski definition) is 1. The van der Waals surface area contributed by atoms with Crippen molar-refractivity contribution in [1.82, 2.24) is 19.9 Å². The molecule has 1 saturated carbocycles. The van der Waals surface area contributed by atoms with Crippen LogP contribution in [0.2, 0.25) is 0 Å². The smallest absolute Gasteiger partial charge is 0.149 e. The zero-order valence-corrected chi connectivity index (χ0v) is 16.9. The van der Waals surface area contributed by atoms with Crippen LogP contribution < -0.4 is 15.0 Å². The summed E-state index contributed by atoms with van der Waals surface area (Å²) in [5.41, 5.74) is 3.80. The van der Waals surface area contributed by atoms with Gasteiger partial charge in [-0.1, -0.05) is 0 Å². The Balaban J connectivity index is 1.29. The van der Waals surface area contributed by atoms with E-state index >= 15 is 0 Å². The first-order valence-corrected chi connectivity index (χ1v) is 10.6. The Labute approximate surface area is 175 Å². The van der Waals surface area contributed by atoms with Crippen molar-refractivity contribution in [3.05, 3.63) is 43.2 Å². The second-order valence-electron chi connectivity index (χ2n) is 7.83. The average Bonchev–Trinajstić information content (AvgIpc) is 2.81. The molecule has 2 aromatic heterocycles. The Morgan fingerprint density at radius 2 is 1.73 bits per heavy atom. The average molecular weight is 406 g/mol. The first-order chi connectivity index (χ1) is 14.8. The molecule has 3 heterocycles. The Kier molecular flexibility index (Phi) is 5.56. The van der Waals surface area contributed by atoms with Crippen molar-refractivity contribution < 1.29 is 9.47 Å². The molecule has 156 valence electrons. The van der Waals surface area contributed by atoms with Crippen molar-refractivity contribution in [3.8, 4) is 5.75 Å². The quantitative estimate of drug-likeness (QED) is 0.692. The number of hydrogen-bond acceptors (Lipinski definition) is 8. The van der Waals surface area contributed by atoms with E-state index in [0.29, 0.717) is 6.04 Å². The number of nitrogens with one attached hydrogen (secondary N) is 1. The van der Waals surface area contributed by atoms with Gasteiger partial charge in [0.25, 0.3) is 0 Å². The molecule has 0 unspecified atom stereocenters. The van der Waals surface area contributed by atoms with E-state index in [0.717, 1.165) is 80.1 Å². The zero-order valence-electron chi connectivity index (χ0n) is 16.9. The van der Waals surface area contributed by atoms with Gasteiger partial charge in [-0.3, -0.25) is 4.98 Å². The van der Waals surface area contributed by atoms with Crippen LogP contribution in [0.5, 0.6) is 5.75 Å². The summed E-state index contributed by atoms with van der Waals surface area (Å²) < 4.78 is 12.0. The molecule has 0 bridgehead atoms. The summed E-state index contributed by atoms with van der Waals surface area (Å²) in [4.78, 5) is 19.5. The number of nitrogens with zero attached hydrogens (tertiary/aromatic N) is 5. The van der Waals surface area contributed by atoms with Gasteiger partial charge in [0.2, 0.25) is 0 Å². The molecule has 2 aliphatic rings. The summed E-state index contributed by atoms with van der Waals surface area (Å²) in [6.07, 6.45) is 12.9. The number of morpholine rings is 1. The summed E-state index contributed by atoms with van der Waals surface area (Å²) in [6, 6.07) is 4.64. The van der Waals surface area contributed by atoms with Crippen molar-refractivity contribution in [2.75, 3.05) is 36.5 Å². The highest BCUT2D eigenvalue weighted by Gasteiger charge is 2.24. The minimum atomic E-state index is 0.181. The fraction of sp³-hybridized carbons (Fsp3) is 0.455. The van der Waals surface area contributed by atoms with Gasteiger partial charge < -0.3 is 19.7 Å². The first-order valence-electron chi connectivity index (χ1n) is 10.6. The first kappa shape index (κ1) is 19.0. The molecule has 0 radical (unpaired) electrons. The third-order valence-corrected chi connectivity index (χ3v) is 5.80. The van der Waals surface area contributed by atoms with E-state index < -0.39 is 0 Å². The van der Waals surface area contributed by atoms with Crippen LogP contribution in [0, 0.1) is 0 Å². The van der Waals surface area contributed by atoms with Crippen LogP contribution in [-0.4, -0.2) is 58.4 Å². The Bertz CT molecular complexity index is 972. The van der Waals surface area contributed by atoms with Crippen LogP contribution in [0.4, 0.5) is 11.4 Å². The Hall–Kier alpha value is -3.00. The van der Waals surface area contributed by atoms with Gasteiger partial charge in [0.1, 0.15) is 17.6 Å². The number of anilines is 2. The highest BCUT2D eigenvalue weighted by Crippen LogP contribution is 2.33. The van der Waals surface area contributed by atoms with Crippen molar-refractivity contribution in [2.45, 2.75) is 37.8 Å². The number of benzene rings is 1. The molecule has 1 saturated heterocycles. The van der Waals surface area contributed by atoms with Gasteiger partial charge >= 0.3 is 0 Å². The van der Waals surface area contributed by atoms with Gasteiger partial charge in [0, 0.05) is 43.3 Å². The number of fused-ring (bicyclic) bond motifs is 1. The molecule has 3 aromatic rings. The molecule has 2 fully saturated rings. The standard InChI is InChI=1S/C22H26N6O2/c1-3-19(4-2-16(1)27-17-13-23-15-24-14-17)30-21-12-18(28-7-9-29-10-8-28)11-20-22(21)26-6-5-25-20/h5-6,11-16,19,27H,1-4,7-10H2. The molecule has 0 spiro atoms.